The number of benzene rings is 2. The van der Waals surface area contributed by atoms with Crippen LogP contribution < -0.4 is 26.4 Å². The van der Waals surface area contributed by atoms with E-state index in [0.717, 1.165) is 37.5 Å². The number of hydrogen-bond acceptors (Lipinski definition) is 5. The van der Waals surface area contributed by atoms with E-state index in [-0.39, 0.29) is 29.9 Å². The van der Waals surface area contributed by atoms with E-state index in [1.54, 1.807) is 0 Å². The number of carbonyl (C=O) groups excluding carboxylic acids is 2. The fourth-order valence-corrected chi connectivity index (χ4v) is 3.74. The van der Waals surface area contributed by atoms with Crippen molar-refractivity contribution in [1.82, 2.24) is 16.0 Å². The molecule has 33 heavy (non-hydrogen) atoms. The van der Waals surface area contributed by atoms with E-state index >= 15 is 0 Å². The van der Waals surface area contributed by atoms with Gasteiger partial charge in [-0.1, -0.05) is 31.2 Å². The molecule has 178 valence electrons. The normalized spacial score (nSPS) is 18.1. The zero-order chi connectivity index (χ0) is 24.0. The van der Waals surface area contributed by atoms with Crippen LogP contribution in [0.3, 0.4) is 0 Å². The van der Waals surface area contributed by atoms with Crippen LogP contribution in [0.5, 0.6) is 5.75 Å². The number of aryl methyl sites for hydroxylation is 1. The highest BCUT2D eigenvalue weighted by Crippen LogP contribution is 2.26. The van der Waals surface area contributed by atoms with Crippen molar-refractivity contribution in [1.29, 1.82) is 0 Å². The first kappa shape index (κ1) is 24.4. The molecule has 0 bridgehead atoms. The van der Waals surface area contributed by atoms with Gasteiger partial charge >= 0.3 is 6.36 Å². The first-order valence-corrected chi connectivity index (χ1v) is 10.7. The summed E-state index contributed by atoms with van der Waals surface area (Å²) >= 11 is 0. The lowest BCUT2D eigenvalue weighted by Crippen LogP contribution is -2.42. The molecule has 5 N–H and O–H groups in total. The second-order valence-electron chi connectivity index (χ2n) is 7.96. The van der Waals surface area contributed by atoms with E-state index < -0.39 is 23.9 Å². The van der Waals surface area contributed by atoms with E-state index in [1.165, 1.54) is 11.1 Å². The van der Waals surface area contributed by atoms with Crippen LogP contribution in [0.4, 0.5) is 18.9 Å². The van der Waals surface area contributed by atoms with Crippen LogP contribution in [0.2, 0.25) is 0 Å². The number of nitrogens with one attached hydrogen (secondary N) is 3. The predicted molar refractivity (Wildman–Crippen MR) is 118 cm³/mol. The van der Waals surface area contributed by atoms with Crippen molar-refractivity contribution in [3.8, 4) is 5.75 Å². The Hall–Kier alpha value is -3.27. The summed E-state index contributed by atoms with van der Waals surface area (Å²) in [6.07, 6.45) is -2.30. The standard InChI is InChI=1S/C23H27F3N4O3/c1-2-14-3-5-15(6-4-14)9-16-10-17(12-28-16)30-21(31)13-29-22(32)19-11-18(7-8-20(19)27)33-23(24,25)26/h3-8,11,16-17,28H,2,9-10,12-13,27H2,1H3,(H,29,32)(H,30,31). The summed E-state index contributed by atoms with van der Waals surface area (Å²) in [5.41, 5.74) is 7.95. The molecule has 1 aliphatic rings. The average molecular weight is 464 g/mol. The Labute approximate surface area is 189 Å². The van der Waals surface area contributed by atoms with Gasteiger partial charge in [-0.05, 0) is 48.6 Å². The van der Waals surface area contributed by atoms with Crippen LogP contribution in [0, 0.1) is 0 Å². The largest absolute Gasteiger partial charge is 0.573 e. The summed E-state index contributed by atoms with van der Waals surface area (Å²) in [6.45, 7) is 2.39. The molecule has 2 unspecified atom stereocenters. The Morgan fingerprint density at radius 3 is 2.52 bits per heavy atom. The van der Waals surface area contributed by atoms with Crippen molar-refractivity contribution in [2.45, 2.75) is 44.6 Å². The minimum atomic E-state index is -4.89. The SMILES string of the molecule is CCc1ccc(CC2CC(NC(=O)CNC(=O)c3cc(OC(F)(F)F)ccc3N)CN2)cc1. The molecular formula is C23H27F3N4O3. The third-order valence-corrected chi connectivity index (χ3v) is 5.41. The van der Waals surface area contributed by atoms with Crippen molar-refractivity contribution in [3.63, 3.8) is 0 Å². The van der Waals surface area contributed by atoms with Crippen LogP contribution in [-0.4, -0.2) is 43.3 Å². The number of carbonyl (C=O) groups is 2. The Morgan fingerprint density at radius 1 is 1.15 bits per heavy atom. The van der Waals surface area contributed by atoms with E-state index in [2.05, 4.69) is 51.9 Å². The van der Waals surface area contributed by atoms with E-state index in [4.69, 9.17) is 5.73 Å². The van der Waals surface area contributed by atoms with Crippen molar-refractivity contribution in [2.75, 3.05) is 18.8 Å². The van der Waals surface area contributed by atoms with Crippen LogP contribution in [-0.2, 0) is 17.6 Å². The molecule has 2 atom stereocenters. The van der Waals surface area contributed by atoms with Crippen molar-refractivity contribution < 1.29 is 27.5 Å². The lowest BCUT2D eigenvalue weighted by molar-refractivity contribution is -0.274. The van der Waals surface area contributed by atoms with Gasteiger partial charge in [-0.2, -0.15) is 0 Å². The highest BCUT2D eigenvalue weighted by atomic mass is 19.4. The monoisotopic (exact) mass is 464 g/mol. The van der Waals surface area contributed by atoms with Gasteiger partial charge in [0, 0.05) is 24.3 Å². The van der Waals surface area contributed by atoms with Gasteiger partial charge in [-0.15, -0.1) is 13.2 Å². The van der Waals surface area contributed by atoms with Crippen LogP contribution >= 0.6 is 0 Å². The smallest absolute Gasteiger partial charge is 0.406 e. The van der Waals surface area contributed by atoms with Gasteiger partial charge < -0.3 is 26.4 Å². The molecule has 2 amide bonds. The topological polar surface area (TPSA) is 105 Å². The lowest BCUT2D eigenvalue weighted by atomic mass is 10.0. The maximum Gasteiger partial charge on any atom is 0.573 e. The Balaban J connectivity index is 1.45. The highest BCUT2D eigenvalue weighted by Gasteiger charge is 2.31. The number of anilines is 1. The Kier molecular flexibility index (Phi) is 7.80. The van der Waals surface area contributed by atoms with Crippen LogP contribution in [0.1, 0.15) is 34.8 Å². The van der Waals surface area contributed by atoms with Crippen molar-refractivity contribution >= 4 is 17.5 Å². The number of alkyl halides is 3. The summed E-state index contributed by atoms with van der Waals surface area (Å²) in [5, 5.41) is 8.62. The number of nitrogens with two attached hydrogens (primary N) is 1. The minimum absolute atomic E-state index is 0.0303. The summed E-state index contributed by atoms with van der Waals surface area (Å²) in [7, 11) is 0. The summed E-state index contributed by atoms with van der Waals surface area (Å²) < 4.78 is 41.0. The van der Waals surface area contributed by atoms with E-state index in [1.807, 2.05) is 0 Å². The molecule has 0 spiro atoms. The fourth-order valence-electron chi connectivity index (χ4n) is 3.74. The van der Waals surface area contributed by atoms with Crippen LogP contribution in [0.25, 0.3) is 0 Å². The second-order valence-corrected chi connectivity index (χ2v) is 7.96. The average Bonchev–Trinajstić information content (AvgIpc) is 3.19. The van der Waals surface area contributed by atoms with Gasteiger partial charge in [-0.25, -0.2) is 0 Å². The fraction of sp³-hybridized carbons (Fsp3) is 0.391. The molecule has 0 aromatic heterocycles. The molecule has 2 aromatic rings. The number of rotatable bonds is 8. The zero-order valence-corrected chi connectivity index (χ0v) is 18.2. The minimum Gasteiger partial charge on any atom is -0.406 e. The molecule has 0 aliphatic carbocycles. The van der Waals surface area contributed by atoms with Gasteiger partial charge in [0.1, 0.15) is 5.75 Å². The highest BCUT2D eigenvalue weighted by molar-refractivity contribution is 6.01. The first-order chi connectivity index (χ1) is 15.6. The maximum atomic E-state index is 12.4. The lowest BCUT2D eigenvalue weighted by Gasteiger charge is -2.14. The maximum absolute atomic E-state index is 12.4. The van der Waals surface area contributed by atoms with Crippen LogP contribution in [0.15, 0.2) is 42.5 Å². The molecule has 2 aromatic carbocycles. The van der Waals surface area contributed by atoms with Gasteiger partial charge in [0.05, 0.1) is 12.1 Å². The molecule has 1 aliphatic heterocycles. The predicted octanol–water partition coefficient (Wildman–Crippen LogP) is 2.55. The molecule has 10 heteroatoms. The van der Waals surface area contributed by atoms with Gasteiger partial charge in [-0.3, -0.25) is 9.59 Å². The third kappa shape index (κ3) is 7.38. The molecule has 0 saturated carbocycles. The van der Waals surface area contributed by atoms with Gasteiger partial charge in [0.15, 0.2) is 0 Å². The van der Waals surface area contributed by atoms with E-state index in [0.29, 0.717) is 6.54 Å². The summed E-state index contributed by atoms with van der Waals surface area (Å²) in [6, 6.07) is 11.6. The molecule has 1 fully saturated rings. The Morgan fingerprint density at radius 2 is 1.85 bits per heavy atom. The first-order valence-electron chi connectivity index (χ1n) is 10.7. The molecule has 0 radical (unpaired) electrons. The molecule has 1 saturated heterocycles. The molecule has 7 nitrogen and oxygen atoms in total. The Bertz CT molecular complexity index is 980. The van der Waals surface area contributed by atoms with Crippen molar-refractivity contribution in [2.24, 2.45) is 0 Å². The number of amides is 2. The summed E-state index contributed by atoms with van der Waals surface area (Å²) in [4.78, 5) is 24.6. The van der Waals surface area contributed by atoms with E-state index in [9.17, 15) is 22.8 Å². The van der Waals surface area contributed by atoms with Gasteiger partial charge in [0.25, 0.3) is 5.91 Å². The zero-order valence-electron chi connectivity index (χ0n) is 18.2. The summed E-state index contributed by atoms with van der Waals surface area (Å²) in [5.74, 6) is -1.74. The quantitative estimate of drug-likeness (QED) is 0.450. The number of nitrogen functional groups attached to an aromatic ring is 1. The number of halogens is 3. The molecular weight excluding hydrogens is 437 g/mol. The van der Waals surface area contributed by atoms with Gasteiger partial charge in [0.2, 0.25) is 5.91 Å². The number of ether oxygens (including phenoxy) is 1. The molecule has 3 rings (SSSR count). The number of hydrogen-bond donors (Lipinski definition) is 4. The molecule has 1 heterocycles. The third-order valence-electron chi connectivity index (χ3n) is 5.41. The second kappa shape index (κ2) is 10.6. The van der Waals surface area contributed by atoms with Crippen molar-refractivity contribution in [3.05, 3.63) is 59.2 Å².